The molecule has 1 aliphatic rings. The third-order valence-electron chi connectivity index (χ3n) is 5.32. The minimum Gasteiger partial charge on any atom is -0.447 e. The van der Waals surface area contributed by atoms with Crippen LogP contribution < -0.4 is 15.5 Å². The van der Waals surface area contributed by atoms with Gasteiger partial charge in [0.2, 0.25) is 0 Å². The number of hydrogen-bond acceptors (Lipinski definition) is 10. The maximum atomic E-state index is 11.9. The first-order valence-electron chi connectivity index (χ1n) is 12.1. The van der Waals surface area contributed by atoms with Crippen molar-refractivity contribution in [3.05, 3.63) is 52.7 Å². The van der Waals surface area contributed by atoms with E-state index in [4.69, 9.17) is 14.5 Å². The van der Waals surface area contributed by atoms with E-state index < -0.39 is 6.09 Å². The molecule has 4 rings (SSSR count). The summed E-state index contributed by atoms with van der Waals surface area (Å²) in [7, 11) is 0. The molecule has 1 fully saturated rings. The Morgan fingerprint density at radius 1 is 1.22 bits per heavy atom. The molecule has 36 heavy (non-hydrogen) atoms. The average Bonchev–Trinajstić information content (AvgIpc) is 3.35. The van der Waals surface area contributed by atoms with Crippen LogP contribution in [0, 0.1) is 0 Å². The lowest BCUT2D eigenvalue weighted by atomic mass is 10.2. The van der Waals surface area contributed by atoms with Crippen LogP contribution in [-0.4, -0.2) is 53.7 Å². The van der Waals surface area contributed by atoms with Crippen molar-refractivity contribution in [2.75, 3.05) is 41.8 Å². The quantitative estimate of drug-likeness (QED) is 0.344. The third kappa shape index (κ3) is 7.81. The number of nitrogens with zero attached hydrogens (tertiary/aromatic N) is 4. The Morgan fingerprint density at radius 2 is 2.06 bits per heavy atom. The average molecular weight is 529 g/mol. The van der Waals surface area contributed by atoms with Gasteiger partial charge in [0, 0.05) is 42.8 Å². The number of amides is 1. The molecule has 3 aromatic rings. The molecule has 3 heterocycles. The predicted octanol–water partition coefficient (Wildman–Crippen LogP) is 5.19. The number of aryl methyl sites for hydroxylation is 1. The molecular formula is C25H32N6O3S2. The fraction of sp³-hybridized carbons (Fsp3) is 0.440. The van der Waals surface area contributed by atoms with E-state index in [1.165, 1.54) is 0 Å². The van der Waals surface area contributed by atoms with Gasteiger partial charge in [-0.2, -0.15) is 0 Å². The van der Waals surface area contributed by atoms with Gasteiger partial charge >= 0.3 is 6.09 Å². The van der Waals surface area contributed by atoms with Crippen molar-refractivity contribution in [1.82, 2.24) is 15.2 Å². The van der Waals surface area contributed by atoms with Crippen molar-refractivity contribution in [1.29, 1.82) is 0 Å². The second-order valence-electron chi connectivity index (χ2n) is 8.54. The van der Waals surface area contributed by atoms with Crippen LogP contribution in [0.5, 0.6) is 0 Å². The van der Waals surface area contributed by atoms with E-state index in [2.05, 4.69) is 44.8 Å². The van der Waals surface area contributed by atoms with Crippen molar-refractivity contribution in [3.8, 4) is 0 Å². The Labute approximate surface area is 220 Å². The van der Waals surface area contributed by atoms with Crippen LogP contribution in [0.2, 0.25) is 0 Å². The zero-order valence-corrected chi connectivity index (χ0v) is 22.5. The molecule has 192 valence electrons. The predicted molar refractivity (Wildman–Crippen MR) is 145 cm³/mol. The highest BCUT2D eigenvalue weighted by Crippen LogP contribution is 2.29. The highest BCUT2D eigenvalue weighted by molar-refractivity contribution is 8.00. The molecule has 1 aromatic carbocycles. The van der Waals surface area contributed by atoms with Gasteiger partial charge in [0.1, 0.15) is 10.8 Å². The molecule has 1 amide bonds. The number of ether oxygens (including phenoxy) is 2. The van der Waals surface area contributed by atoms with Gasteiger partial charge in [0.05, 0.1) is 25.0 Å². The standard InChI is InChI=1S/C25H32N6O3S2/c1-4-23-29-30-25(36-23)35-16-20-13-21(31-8-10-33-11-9-31)14-22(27-20)26-15-18-6-5-7-19(12-18)28-24(32)34-17(2)3/h5-7,12-14,17H,4,8-11,15-16H2,1-3H3,(H,26,27)(H,28,32). The van der Waals surface area contributed by atoms with Crippen LogP contribution in [0.3, 0.4) is 0 Å². The summed E-state index contributed by atoms with van der Waals surface area (Å²) in [6, 6.07) is 11.9. The number of anilines is 3. The van der Waals surface area contributed by atoms with E-state index >= 15 is 0 Å². The Kier molecular flexibility index (Phi) is 9.37. The lowest BCUT2D eigenvalue weighted by Gasteiger charge is -2.29. The number of pyridine rings is 1. The fourth-order valence-corrected chi connectivity index (χ4v) is 5.36. The lowest BCUT2D eigenvalue weighted by molar-refractivity contribution is 0.122. The first kappa shape index (κ1) is 26.2. The molecule has 11 heteroatoms. The molecule has 1 aliphatic heterocycles. The van der Waals surface area contributed by atoms with E-state index in [1.807, 2.05) is 38.1 Å². The number of thioether (sulfide) groups is 1. The minimum atomic E-state index is -0.460. The fourth-order valence-electron chi connectivity index (χ4n) is 3.63. The van der Waals surface area contributed by atoms with Crippen molar-refractivity contribution < 1.29 is 14.3 Å². The first-order valence-corrected chi connectivity index (χ1v) is 13.9. The molecule has 9 nitrogen and oxygen atoms in total. The summed E-state index contributed by atoms with van der Waals surface area (Å²) in [6.45, 7) is 9.44. The molecule has 0 bridgehead atoms. The Bertz CT molecular complexity index is 1150. The number of hydrogen-bond donors (Lipinski definition) is 2. The van der Waals surface area contributed by atoms with E-state index in [0.29, 0.717) is 18.0 Å². The van der Waals surface area contributed by atoms with Crippen LogP contribution in [0.1, 0.15) is 37.0 Å². The number of rotatable bonds is 10. The van der Waals surface area contributed by atoms with Gasteiger partial charge in [-0.3, -0.25) is 5.32 Å². The SMILES string of the molecule is CCc1nnc(SCc2cc(N3CCOCC3)cc(NCc3cccc(NC(=O)OC(C)C)c3)n2)s1. The van der Waals surface area contributed by atoms with Gasteiger partial charge in [0.25, 0.3) is 0 Å². The molecule has 0 atom stereocenters. The Hall–Kier alpha value is -2.89. The maximum absolute atomic E-state index is 11.9. The van der Waals surface area contributed by atoms with Gasteiger partial charge in [-0.05, 0) is 44.0 Å². The van der Waals surface area contributed by atoms with E-state index in [1.54, 1.807) is 23.1 Å². The lowest BCUT2D eigenvalue weighted by Crippen LogP contribution is -2.36. The largest absolute Gasteiger partial charge is 0.447 e. The highest BCUT2D eigenvalue weighted by Gasteiger charge is 2.15. The van der Waals surface area contributed by atoms with E-state index in [-0.39, 0.29) is 6.10 Å². The van der Waals surface area contributed by atoms with Crippen LogP contribution in [0.4, 0.5) is 22.0 Å². The number of carbonyl (C=O) groups is 1. The summed E-state index contributed by atoms with van der Waals surface area (Å²) < 4.78 is 11.7. The molecule has 0 unspecified atom stereocenters. The molecular weight excluding hydrogens is 496 g/mol. The highest BCUT2D eigenvalue weighted by atomic mass is 32.2. The smallest absolute Gasteiger partial charge is 0.411 e. The normalized spacial score (nSPS) is 13.6. The summed E-state index contributed by atoms with van der Waals surface area (Å²) in [5, 5.41) is 15.8. The van der Waals surface area contributed by atoms with E-state index in [9.17, 15) is 4.79 Å². The van der Waals surface area contributed by atoms with Crippen LogP contribution in [0.15, 0.2) is 40.7 Å². The number of morpholine rings is 1. The number of benzene rings is 1. The molecule has 0 saturated carbocycles. The van der Waals surface area contributed by atoms with Crippen LogP contribution in [0.25, 0.3) is 0 Å². The van der Waals surface area contributed by atoms with Gasteiger partial charge in [-0.15, -0.1) is 10.2 Å². The van der Waals surface area contributed by atoms with Crippen LogP contribution >= 0.6 is 23.1 Å². The van der Waals surface area contributed by atoms with Gasteiger partial charge in [-0.25, -0.2) is 9.78 Å². The van der Waals surface area contributed by atoms with Crippen molar-refractivity contribution >= 4 is 46.4 Å². The van der Waals surface area contributed by atoms with E-state index in [0.717, 1.165) is 64.8 Å². The van der Waals surface area contributed by atoms with Gasteiger partial charge in [0.15, 0.2) is 4.34 Å². The molecule has 2 aromatic heterocycles. The summed E-state index contributed by atoms with van der Waals surface area (Å²) in [5.74, 6) is 1.52. The Balaban J connectivity index is 1.45. The number of aromatic nitrogens is 3. The maximum Gasteiger partial charge on any atom is 0.411 e. The molecule has 0 spiro atoms. The number of carbonyl (C=O) groups excluding carboxylic acids is 1. The van der Waals surface area contributed by atoms with Crippen molar-refractivity contribution in [2.24, 2.45) is 0 Å². The first-order chi connectivity index (χ1) is 17.5. The summed E-state index contributed by atoms with van der Waals surface area (Å²) in [4.78, 5) is 19.1. The van der Waals surface area contributed by atoms with Gasteiger partial charge in [-0.1, -0.05) is 42.2 Å². The monoisotopic (exact) mass is 528 g/mol. The van der Waals surface area contributed by atoms with Crippen molar-refractivity contribution in [2.45, 2.75) is 49.9 Å². The summed E-state index contributed by atoms with van der Waals surface area (Å²) >= 11 is 3.30. The third-order valence-corrected chi connectivity index (χ3v) is 7.56. The van der Waals surface area contributed by atoms with Gasteiger partial charge < -0.3 is 19.7 Å². The second kappa shape index (κ2) is 12.9. The second-order valence-corrected chi connectivity index (χ2v) is 10.8. The molecule has 0 aliphatic carbocycles. The number of nitrogens with one attached hydrogen (secondary N) is 2. The van der Waals surface area contributed by atoms with Crippen LogP contribution in [-0.2, 0) is 28.2 Å². The zero-order valence-electron chi connectivity index (χ0n) is 20.8. The molecule has 2 N–H and O–H groups in total. The molecule has 0 radical (unpaired) electrons. The summed E-state index contributed by atoms with van der Waals surface area (Å²) in [5.41, 5.74) is 3.82. The Morgan fingerprint density at radius 3 is 2.81 bits per heavy atom. The topological polar surface area (TPSA) is 102 Å². The molecule has 1 saturated heterocycles. The summed E-state index contributed by atoms with van der Waals surface area (Å²) in [6.07, 6.45) is 0.262. The van der Waals surface area contributed by atoms with Crippen molar-refractivity contribution in [3.63, 3.8) is 0 Å². The zero-order chi connectivity index (χ0) is 25.3. The minimum absolute atomic E-state index is 0.174.